The molecule has 28 heavy (non-hydrogen) atoms. The quantitative estimate of drug-likeness (QED) is 0.533. The van der Waals surface area contributed by atoms with E-state index in [1.165, 1.54) is 0 Å². The van der Waals surface area contributed by atoms with Gasteiger partial charge >= 0.3 is 0 Å². The molecule has 2 aromatic heterocycles. The number of aromatic nitrogens is 2. The van der Waals surface area contributed by atoms with Crippen molar-refractivity contribution in [1.29, 1.82) is 0 Å². The summed E-state index contributed by atoms with van der Waals surface area (Å²) in [6.45, 7) is 0.387. The largest absolute Gasteiger partial charge is 0.367 e. The van der Waals surface area contributed by atoms with Gasteiger partial charge in [0.15, 0.2) is 0 Å². The zero-order valence-corrected chi connectivity index (χ0v) is 15.4. The normalized spacial score (nSPS) is 10.9. The van der Waals surface area contributed by atoms with Crippen LogP contribution >= 0.6 is 0 Å². The smallest absolute Gasteiger partial charge is 0.251 e. The summed E-state index contributed by atoms with van der Waals surface area (Å²) >= 11 is 0. The molecule has 0 saturated carbocycles. The molecule has 140 valence electrons. The molecular weight excluding hydrogens is 350 g/mol. The molecular formula is C23H21N3O2. The second-order valence-electron chi connectivity index (χ2n) is 6.52. The number of carbonyl (C=O) groups excluding carboxylic acids is 1. The van der Waals surface area contributed by atoms with E-state index in [1.807, 2.05) is 77.3 Å². The number of nitrogens with zero attached hydrogens (tertiary/aromatic N) is 2. The second-order valence-corrected chi connectivity index (χ2v) is 6.52. The second kappa shape index (κ2) is 8.50. The maximum atomic E-state index is 12.5. The molecule has 0 aliphatic rings. The van der Waals surface area contributed by atoms with Gasteiger partial charge in [-0.05, 0) is 23.3 Å². The van der Waals surface area contributed by atoms with E-state index in [2.05, 4.69) is 17.4 Å². The van der Waals surface area contributed by atoms with Gasteiger partial charge in [0.2, 0.25) is 0 Å². The van der Waals surface area contributed by atoms with Gasteiger partial charge in [0, 0.05) is 12.6 Å². The average molecular weight is 371 g/mol. The van der Waals surface area contributed by atoms with Crippen LogP contribution in [0.15, 0.2) is 85.1 Å². The fourth-order valence-electron chi connectivity index (χ4n) is 3.09. The van der Waals surface area contributed by atoms with E-state index >= 15 is 0 Å². The van der Waals surface area contributed by atoms with E-state index in [4.69, 9.17) is 9.72 Å². The Hall–Kier alpha value is -3.44. The molecule has 2 heterocycles. The molecule has 0 bridgehead atoms. The highest BCUT2D eigenvalue weighted by atomic mass is 16.5. The molecule has 0 aliphatic carbocycles. The first-order valence-corrected chi connectivity index (χ1v) is 9.21. The number of imidazole rings is 1. The van der Waals surface area contributed by atoms with Crippen molar-refractivity contribution in [2.75, 3.05) is 11.9 Å². The van der Waals surface area contributed by atoms with E-state index in [9.17, 15) is 4.79 Å². The predicted octanol–water partition coefficient (Wildman–Crippen LogP) is 4.08. The number of carbonyl (C=O) groups is 1. The maximum absolute atomic E-state index is 12.5. The topological polar surface area (TPSA) is 55.6 Å². The van der Waals surface area contributed by atoms with E-state index in [0.717, 1.165) is 22.5 Å². The third kappa shape index (κ3) is 4.27. The SMILES string of the molecule is O=C(COCc1ccccc1)Nc1c(Cc2ccccc2)nc2ccccn12. The lowest BCUT2D eigenvalue weighted by molar-refractivity contribution is -0.121. The Balaban J connectivity index is 1.48. The van der Waals surface area contributed by atoms with Crippen LogP contribution in [0.4, 0.5) is 5.82 Å². The van der Waals surface area contributed by atoms with Crippen molar-refractivity contribution < 1.29 is 9.53 Å². The van der Waals surface area contributed by atoms with Crippen molar-refractivity contribution >= 4 is 17.4 Å². The van der Waals surface area contributed by atoms with Crippen molar-refractivity contribution in [3.8, 4) is 0 Å². The molecule has 0 radical (unpaired) electrons. The Morgan fingerprint density at radius 1 is 0.893 bits per heavy atom. The van der Waals surface area contributed by atoms with Crippen LogP contribution in [0.1, 0.15) is 16.8 Å². The Bertz CT molecular complexity index is 1060. The Kier molecular flexibility index (Phi) is 5.45. The number of rotatable bonds is 7. The van der Waals surface area contributed by atoms with Crippen LogP contribution in [-0.2, 0) is 22.6 Å². The Morgan fingerprint density at radius 2 is 1.57 bits per heavy atom. The predicted molar refractivity (Wildman–Crippen MR) is 109 cm³/mol. The van der Waals surface area contributed by atoms with E-state index in [-0.39, 0.29) is 12.5 Å². The number of fused-ring (bicyclic) bond motifs is 1. The fourth-order valence-corrected chi connectivity index (χ4v) is 3.09. The zero-order valence-electron chi connectivity index (χ0n) is 15.4. The van der Waals surface area contributed by atoms with Gasteiger partial charge in [0.1, 0.15) is 18.1 Å². The molecule has 0 saturated heterocycles. The van der Waals surface area contributed by atoms with E-state index in [0.29, 0.717) is 18.8 Å². The number of ether oxygens (including phenoxy) is 1. The number of amides is 1. The average Bonchev–Trinajstić information content (AvgIpc) is 3.06. The summed E-state index contributed by atoms with van der Waals surface area (Å²) in [5, 5.41) is 2.98. The summed E-state index contributed by atoms with van der Waals surface area (Å²) in [4.78, 5) is 17.2. The molecule has 4 aromatic rings. The molecule has 0 atom stereocenters. The van der Waals surface area contributed by atoms with Gasteiger partial charge in [-0.2, -0.15) is 0 Å². The maximum Gasteiger partial charge on any atom is 0.251 e. The molecule has 5 heteroatoms. The molecule has 0 aliphatic heterocycles. The van der Waals surface area contributed by atoms with Crippen molar-refractivity contribution in [2.45, 2.75) is 13.0 Å². The van der Waals surface area contributed by atoms with Crippen molar-refractivity contribution in [3.05, 3.63) is 102 Å². The molecule has 0 unspecified atom stereocenters. The van der Waals surface area contributed by atoms with E-state index in [1.54, 1.807) is 0 Å². The van der Waals surface area contributed by atoms with Crippen LogP contribution in [0, 0.1) is 0 Å². The summed E-state index contributed by atoms with van der Waals surface area (Å²) in [5.41, 5.74) is 3.80. The van der Waals surface area contributed by atoms with Crippen molar-refractivity contribution in [3.63, 3.8) is 0 Å². The highest BCUT2D eigenvalue weighted by molar-refractivity contribution is 5.92. The molecule has 4 rings (SSSR count). The minimum Gasteiger partial charge on any atom is -0.367 e. The number of hydrogen-bond acceptors (Lipinski definition) is 3. The van der Waals surface area contributed by atoms with Gasteiger partial charge in [-0.25, -0.2) is 4.98 Å². The lowest BCUT2D eigenvalue weighted by Crippen LogP contribution is -2.20. The Morgan fingerprint density at radius 3 is 2.32 bits per heavy atom. The summed E-state index contributed by atoms with van der Waals surface area (Å²) < 4.78 is 7.45. The highest BCUT2D eigenvalue weighted by Gasteiger charge is 2.15. The van der Waals surface area contributed by atoms with Gasteiger partial charge < -0.3 is 10.1 Å². The van der Waals surface area contributed by atoms with Crippen molar-refractivity contribution in [1.82, 2.24) is 9.38 Å². The minimum absolute atomic E-state index is 0.0141. The summed E-state index contributed by atoms with van der Waals surface area (Å²) in [6.07, 6.45) is 2.54. The molecule has 2 aromatic carbocycles. The first kappa shape index (κ1) is 17.9. The first-order valence-electron chi connectivity index (χ1n) is 9.21. The van der Waals surface area contributed by atoms with Crippen LogP contribution in [0.25, 0.3) is 5.65 Å². The van der Waals surface area contributed by atoms with Crippen LogP contribution in [0.5, 0.6) is 0 Å². The zero-order chi connectivity index (χ0) is 19.2. The third-order valence-electron chi connectivity index (χ3n) is 4.42. The Labute approximate surface area is 163 Å². The molecule has 1 amide bonds. The number of benzene rings is 2. The van der Waals surface area contributed by atoms with Crippen LogP contribution in [0.3, 0.4) is 0 Å². The molecule has 5 nitrogen and oxygen atoms in total. The summed E-state index contributed by atoms with van der Waals surface area (Å²) in [6, 6.07) is 25.7. The van der Waals surface area contributed by atoms with Gasteiger partial charge in [-0.15, -0.1) is 0 Å². The third-order valence-corrected chi connectivity index (χ3v) is 4.42. The molecule has 0 spiro atoms. The van der Waals surface area contributed by atoms with Crippen molar-refractivity contribution in [2.24, 2.45) is 0 Å². The van der Waals surface area contributed by atoms with Crippen LogP contribution in [0.2, 0.25) is 0 Å². The van der Waals surface area contributed by atoms with Gasteiger partial charge in [0.25, 0.3) is 5.91 Å². The van der Waals surface area contributed by atoms with Crippen LogP contribution in [-0.4, -0.2) is 21.9 Å². The van der Waals surface area contributed by atoms with Gasteiger partial charge in [-0.3, -0.25) is 9.20 Å². The fraction of sp³-hybridized carbons (Fsp3) is 0.130. The summed E-state index contributed by atoms with van der Waals surface area (Å²) in [7, 11) is 0. The lowest BCUT2D eigenvalue weighted by Gasteiger charge is -2.09. The molecule has 1 N–H and O–H groups in total. The van der Waals surface area contributed by atoms with Crippen LogP contribution < -0.4 is 5.32 Å². The number of pyridine rings is 1. The monoisotopic (exact) mass is 371 g/mol. The number of hydrogen-bond donors (Lipinski definition) is 1. The standard InChI is InChI=1S/C23H21N3O2/c27-22(17-28-16-19-11-5-2-6-12-19)25-23-20(15-18-9-3-1-4-10-18)24-21-13-7-8-14-26(21)23/h1-14H,15-17H2,(H,25,27). The van der Waals surface area contributed by atoms with Gasteiger partial charge in [0.05, 0.1) is 12.3 Å². The van der Waals surface area contributed by atoms with E-state index < -0.39 is 0 Å². The van der Waals surface area contributed by atoms with Gasteiger partial charge in [-0.1, -0.05) is 66.7 Å². The lowest BCUT2D eigenvalue weighted by atomic mass is 10.1. The first-order chi connectivity index (χ1) is 13.8. The number of nitrogens with one attached hydrogen (secondary N) is 1. The summed E-state index contributed by atoms with van der Waals surface area (Å²) in [5.74, 6) is 0.490. The molecule has 0 fully saturated rings. The minimum atomic E-state index is -0.198. The highest BCUT2D eigenvalue weighted by Crippen LogP contribution is 2.21. The number of anilines is 1.